The molecule has 0 saturated carbocycles. The Labute approximate surface area is 282 Å². The van der Waals surface area contributed by atoms with Gasteiger partial charge in [-0.1, -0.05) is 59.6 Å². The van der Waals surface area contributed by atoms with Crippen LogP contribution in [0.1, 0.15) is 47.2 Å². The van der Waals surface area contributed by atoms with Gasteiger partial charge in [0.05, 0.1) is 0 Å². The maximum Gasteiger partial charge on any atom is 0.328 e. The second-order valence-corrected chi connectivity index (χ2v) is 11.8. The van der Waals surface area contributed by atoms with Crippen molar-refractivity contribution in [3.05, 3.63) is 142 Å². The van der Waals surface area contributed by atoms with Crippen LogP contribution in [0.3, 0.4) is 0 Å². The molecule has 2 aromatic carbocycles. The van der Waals surface area contributed by atoms with E-state index in [2.05, 4.69) is 84.4 Å². The van der Waals surface area contributed by atoms with E-state index in [0.29, 0.717) is 24.0 Å². The lowest BCUT2D eigenvalue weighted by Gasteiger charge is -2.19. The standard InChI is InChI=1S/2C16H19ClN2.C4H4O4/c2*1-19(2)12-10-15(16-5-3-4-11-18-16)13-6-8-14(17)9-7-13;5-3(6)1-2-4(7)8/h2*3-9,11,15H,10,12H2,1-2H3;1-2H,(H,5,6)(H,7,8)/b;;2-1-. The highest BCUT2D eigenvalue weighted by Crippen LogP contribution is 2.28. The van der Waals surface area contributed by atoms with Gasteiger partial charge in [-0.15, -0.1) is 0 Å². The molecule has 46 heavy (non-hydrogen) atoms. The number of nitrogens with zero attached hydrogens (tertiary/aromatic N) is 4. The molecule has 0 aliphatic carbocycles. The van der Waals surface area contributed by atoms with Crippen LogP contribution in [0.2, 0.25) is 10.0 Å². The lowest BCUT2D eigenvalue weighted by molar-refractivity contribution is -0.134. The summed E-state index contributed by atoms with van der Waals surface area (Å²) in [5, 5.41) is 17.2. The molecule has 2 N–H and O–H groups in total. The van der Waals surface area contributed by atoms with Crippen molar-refractivity contribution in [1.29, 1.82) is 0 Å². The van der Waals surface area contributed by atoms with Crippen LogP contribution in [-0.2, 0) is 9.59 Å². The number of carboxylic acid groups (broad SMARTS) is 2. The lowest BCUT2D eigenvalue weighted by atomic mass is 9.92. The van der Waals surface area contributed by atoms with E-state index >= 15 is 0 Å². The van der Waals surface area contributed by atoms with Gasteiger partial charge in [-0.25, -0.2) is 9.59 Å². The Balaban J connectivity index is 0.000000261. The number of carbonyl (C=O) groups is 2. The minimum atomic E-state index is -1.26. The zero-order valence-electron chi connectivity index (χ0n) is 26.6. The van der Waals surface area contributed by atoms with E-state index in [0.717, 1.165) is 47.4 Å². The first-order valence-electron chi connectivity index (χ1n) is 14.7. The molecule has 4 aromatic rings. The first kappa shape index (κ1) is 38.1. The van der Waals surface area contributed by atoms with Crippen LogP contribution >= 0.6 is 23.2 Å². The summed E-state index contributed by atoms with van der Waals surface area (Å²) in [6, 6.07) is 28.3. The van der Waals surface area contributed by atoms with Gasteiger partial charge >= 0.3 is 11.9 Å². The number of hydrogen-bond donors (Lipinski definition) is 2. The van der Waals surface area contributed by atoms with Crippen LogP contribution in [0.5, 0.6) is 0 Å². The van der Waals surface area contributed by atoms with E-state index in [-0.39, 0.29) is 0 Å². The van der Waals surface area contributed by atoms with Crippen molar-refractivity contribution in [2.45, 2.75) is 24.7 Å². The van der Waals surface area contributed by atoms with Crippen molar-refractivity contribution in [3.8, 4) is 0 Å². The third-order valence-corrected chi connectivity index (χ3v) is 7.24. The predicted molar refractivity (Wildman–Crippen MR) is 186 cm³/mol. The molecule has 2 aromatic heterocycles. The van der Waals surface area contributed by atoms with Gasteiger partial charge in [-0.3, -0.25) is 9.97 Å². The van der Waals surface area contributed by atoms with E-state index in [4.69, 9.17) is 33.4 Å². The molecule has 0 aliphatic rings. The minimum absolute atomic E-state index is 0.320. The van der Waals surface area contributed by atoms with Crippen molar-refractivity contribution in [3.63, 3.8) is 0 Å². The van der Waals surface area contributed by atoms with Gasteiger partial charge in [0.15, 0.2) is 0 Å². The lowest BCUT2D eigenvalue weighted by Crippen LogP contribution is -2.17. The highest BCUT2D eigenvalue weighted by Gasteiger charge is 2.16. The topological polar surface area (TPSA) is 107 Å². The maximum absolute atomic E-state index is 9.55. The Hall–Kier alpha value is -4.08. The molecule has 0 fully saturated rings. The van der Waals surface area contributed by atoms with Gasteiger partial charge in [-0.2, -0.15) is 0 Å². The summed E-state index contributed by atoms with van der Waals surface area (Å²) in [6.45, 7) is 2.06. The fourth-order valence-corrected chi connectivity index (χ4v) is 4.69. The average Bonchev–Trinajstić information content (AvgIpc) is 3.03. The third kappa shape index (κ3) is 15.3. The quantitative estimate of drug-likeness (QED) is 0.151. The van der Waals surface area contributed by atoms with Crippen LogP contribution in [0.4, 0.5) is 0 Å². The summed E-state index contributed by atoms with van der Waals surface area (Å²) in [5.74, 6) is -1.87. The number of aliphatic carboxylic acids is 2. The van der Waals surface area contributed by atoms with Crippen molar-refractivity contribution < 1.29 is 19.8 Å². The number of rotatable bonds is 12. The Morgan fingerprint density at radius 2 is 0.978 bits per heavy atom. The fraction of sp³-hybridized carbons (Fsp3) is 0.278. The Bertz CT molecular complexity index is 1350. The smallest absolute Gasteiger partial charge is 0.328 e. The number of pyridine rings is 2. The van der Waals surface area contributed by atoms with Gasteiger partial charge in [0.1, 0.15) is 0 Å². The Morgan fingerprint density at radius 1 is 0.630 bits per heavy atom. The Kier molecular flexibility index (Phi) is 17.3. The molecule has 2 atom stereocenters. The summed E-state index contributed by atoms with van der Waals surface area (Å²) in [5.41, 5.74) is 4.77. The molecule has 0 spiro atoms. The van der Waals surface area contributed by atoms with Crippen LogP contribution in [0.15, 0.2) is 109 Å². The number of benzene rings is 2. The highest BCUT2D eigenvalue weighted by atomic mass is 35.5. The normalized spacial score (nSPS) is 12.1. The van der Waals surface area contributed by atoms with Crippen molar-refractivity contribution in [1.82, 2.24) is 19.8 Å². The van der Waals surface area contributed by atoms with Crippen LogP contribution < -0.4 is 0 Å². The third-order valence-electron chi connectivity index (χ3n) is 6.73. The monoisotopic (exact) mass is 664 g/mol. The summed E-state index contributed by atoms with van der Waals surface area (Å²) in [4.78, 5) is 32.5. The first-order valence-corrected chi connectivity index (χ1v) is 15.5. The molecule has 244 valence electrons. The molecule has 2 heterocycles. The van der Waals surface area contributed by atoms with Gasteiger partial charge in [-0.05, 0) is 114 Å². The van der Waals surface area contributed by atoms with Crippen LogP contribution in [0.25, 0.3) is 0 Å². The molecule has 0 bridgehead atoms. The molecule has 0 amide bonds. The predicted octanol–water partition coefficient (Wildman–Crippen LogP) is 7.35. The second kappa shape index (κ2) is 20.9. The van der Waals surface area contributed by atoms with Crippen molar-refractivity contribution in [2.24, 2.45) is 0 Å². The zero-order valence-corrected chi connectivity index (χ0v) is 28.1. The second-order valence-electron chi connectivity index (χ2n) is 10.9. The van der Waals surface area contributed by atoms with Crippen molar-refractivity contribution >= 4 is 35.1 Å². The minimum Gasteiger partial charge on any atom is -0.478 e. The molecule has 0 radical (unpaired) electrons. The van der Waals surface area contributed by atoms with Gasteiger partial charge in [0, 0.05) is 57.8 Å². The molecule has 4 rings (SSSR count). The molecule has 0 aliphatic heterocycles. The van der Waals surface area contributed by atoms with Crippen LogP contribution in [0, 0.1) is 0 Å². The maximum atomic E-state index is 9.55. The average molecular weight is 666 g/mol. The number of aromatic nitrogens is 2. The van der Waals surface area contributed by atoms with Crippen LogP contribution in [-0.4, -0.2) is 83.2 Å². The van der Waals surface area contributed by atoms with Gasteiger partial charge in [0.25, 0.3) is 0 Å². The van der Waals surface area contributed by atoms with E-state index in [9.17, 15) is 9.59 Å². The SMILES string of the molecule is CN(C)CCC(c1ccc(Cl)cc1)c1ccccn1.CN(C)CCC(c1ccc(Cl)cc1)c1ccccn1.O=C(O)/C=C\C(=O)O. The first-order chi connectivity index (χ1) is 22.0. The number of halogens is 2. The van der Waals surface area contributed by atoms with E-state index in [1.807, 2.05) is 60.9 Å². The fourth-order valence-electron chi connectivity index (χ4n) is 4.44. The van der Waals surface area contributed by atoms with E-state index < -0.39 is 11.9 Å². The summed E-state index contributed by atoms with van der Waals surface area (Å²) in [6.07, 6.45) is 6.92. The molecular weight excluding hydrogens is 623 g/mol. The number of hydrogen-bond acceptors (Lipinski definition) is 6. The van der Waals surface area contributed by atoms with Gasteiger partial charge in [0.2, 0.25) is 0 Å². The Morgan fingerprint density at radius 3 is 1.24 bits per heavy atom. The number of carboxylic acids is 2. The molecule has 0 saturated heterocycles. The summed E-state index contributed by atoms with van der Waals surface area (Å²) in [7, 11) is 8.38. The molecule has 2 unspecified atom stereocenters. The van der Waals surface area contributed by atoms with E-state index in [1.54, 1.807) is 0 Å². The molecule has 10 heteroatoms. The van der Waals surface area contributed by atoms with E-state index in [1.165, 1.54) is 11.1 Å². The van der Waals surface area contributed by atoms with Gasteiger partial charge < -0.3 is 20.0 Å². The summed E-state index contributed by atoms with van der Waals surface area (Å²) < 4.78 is 0. The highest BCUT2D eigenvalue weighted by molar-refractivity contribution is 6.30. The molecular formula is C36H42Cl2N4O4. The largest absolute Gasteiger partial charge is 0.478 e. The zero-order chi connectivity index (χ0) is 33.9. The van der Waals surface area contributed by atoms with Crippen molar-refractivity contribution in [2.75, 3.05) is 41.3 Å². The molecule has 8 nitrogen and oxygen atoms in total. The summed E-state index contributed by atoms with van der Waals surface area (Å²) >= 11 is 11.9.